The fraction of sp³-hybridized carbons (Fsp3) is 0.667. The maximum atomic E-state index is 13.1. The second-order valence-electron chi connectivity index (χ2n) is 10.5. The van der Waals surface area contributed by atoms with Crippen LogP contribution in [0, 0.1) is 23.2 Å². The van der Waals surface area contributed by atoms with E-state index in [1.54, 1.807) is 11.3 Å². The normalized spacial score (nSPS) is 29.1. The average molecular weight is 485 g/mol. The lowest BCUT2D eigenvalue weighted by molar-refractivity contribution is -0.144. The molecule has 34 heavy (non-hydrogen) atoms. The number of hydrogen-bond acceptors (Lipinski definition) is 6. The average Bonchev–Trinajstić information content (AvgIpc) is 3.22. The van der Waals surface area contributed by atoms with Gasteiger partial charge in [0.05, 0.1) is 11.8 Å². The first kappa shape index (κ1) is 25.1. The molecule has 7 heteroatoms. The lowest BCUT2D eigenvalue weighted by Crippen LogP contribution is -2.53. The topological polar surface area (TPSA) is 78.4 Å². The Hall–Kier alpha value is -1.99. The molecule has 1 saturated carbocycles. The van der Waals surface area contributed by atoms with Gasteiger partial charge in [-0.25, -0.2) is 4.98 Å². The highest BCUT2D eigenvalue weighted by Gasteiger charge is 2.54. The Bertz CT molecular complexity index is 976. The van der Waals surface area contributed by atoms with Crippen molar-refractivity contribution < 1.29 is 9.90 Å². The Labute approximate surface area is 208 Å². The van der Waals surface area contributed by atoms with Gasteiger partial charge in [0.15, 0.2) is 5.13 Å². The van der Waals surface area contributed by atoms with E-state index in [-0.39, 0.29) is 35.0 Å². The summed E-state index contributed by atoms with van der Waals surface area (Å²) < 4.78 is 0. The third kappa shape index (κ3) is 4.74. The van der Waals surface area contributed by atoms with Crippen LogP contribution in [0.15, 0.2) is 24.4 Å². The Morgan fingerprint density at radius 1 is 1.35 bits per heavy atom. The molecule has 0 aromatic carbocycles. The highest BCUT2D eigenvalue weighted by Crippen LogP contribution is 2.57. The monoisotopic (exact) mass is 484 g/mol. The summed E-state index contributed by atoms with van der Waals surface area (Å²) in [4.78, 5) is 25.7. The van der Waals surface area contributed by atoms with E-state index in [4.69, 9.17) is 4.98 Å². The molecule has 1 fully saturated rings. The number of fused-ring (bicyclic) bond motifs is 2. The summed E-state index contributed by atoms with van der Waals surface area (Å²) in [5.74, 6) is 0.311. The van der Waals surface area contributed by atoms with Crippen molar-refractivity contribution in [3.05, 3.63) is 40.7 Å². The van der Waals surface area contributed by atoms with Crippen LogP contribution in [0.4, 0.5) is 5.13 Å². The first-order valence-electron chi connectivity index (χ1n) is 12.9. The molecule has 0 saturated heterocycles. The number of carbonyl (C=O) groups is 1. The molecule has 186 valence electrons. The maximum absolute atomic E-state index is 13.1. The van der Waals surface area contributed by atoms with E-state index >= 15 is 0 Å². The van der Waals surface area contributed by atoms with Gasteiger partial charge in [-0.05, 0) is 62.5 Å². The fourth-order valence-corrected chi connectivity index (χ4v) is 7.76. The van der Waals surface area contributed by atoms with Crippen molar-refractivity contribution in [3.8, 4) is 0 Å². The van der Waals surface area contributed by atoms with Crippen LogP contribution in [-0.2, 0) is 17.6 Å². The molecule has 4 rings (SSSR count). The molecule has 2 N–H and O–H groups in total. The first-order valence-corrected chi connectivity index (χ1v) is 13.7. The SMILES string of the molecule is CCN(CC)C(=O)[C@@H](C)[C@@H]1CC[C@]2(C)Cc3sc(NCCc4ccccn4)nc3[C@@H](C)[C@@H]2[C@H]1O. The Balaban J connectivity index is 1.48. The van der Waals surface area contributed by atoms with Crippen LogP contribution in [-0.4, -0.2) is 51.6 Å². The fourth-order valence-electron chi connectivity index (χ4n) is 6.47. The Morgan fingerprint density at radius 3 is 2.79 bits per heavy atom. The Morgan fingerprint density at radius 2 is 2.12 bits per heavy atom. The van der Waals surface area contributed by atoms with Crippen molar-refractivity contribution in [2.75, 3.05) is 25.0 Å². The van der Waals surface area contributed by atoms with Crippen LogP contribution < -0.4 is 5.32 Å². The zero-order valence-electron chi connectivity index (χ0n) is 21.3. The summed E-state index contributed by atoms with van der Waals surface area (Å²) in [5.41, 5.74) is 2.25. The van der Waals surface area contributed by atoms with E-state index in [1.165, 1.54) is 4.88 Å². The van der Waals surface area contributed by atoms with Gasteiger partial charge >= 0.3 is 0 Å². The number of carbonyl (C=O) groups excluding carboxylic acids is 1. The molecule has 2 aliphatic carbocycles. The third-order valence-corrected chi connectivity index (χ3v) is 9.44. The van der Waals surface area contributed by atoms with Crippen molar-refractivity contribution in [1.82, 2.24) is 14.9 Å². The van der Waals surface area contributed by atoms with Gasteiger partial charge in [0.25, 0.3) is 0 Å². The second-order valence-corrected chi connectivity index (χ2v) is 11.5. The number of aromatic nitrogens is 2. The number of nitrogens with one attached hydrogen (secondary N) is 1. The van der Waals surface area contributed by atoms with E-state index in [0.29, 0.717) is 0 Å². The predicted octanol–water partition coefficient (Wildman–Crippen LogP) is 4.75. The van der Waals surface area contributed by atoms with Gasteiger partial charge in [-0.1, -0.05) is 26.8 Å². The lowest BCUT2D eigenvalue weighted by Gasteiger charge is -2.53. The molecule has 2 heterocycles. The molecule has 2 aromatic heterocycles. The molecule has 0 radical (unpaired) electrons. The summed E-state index contributed by atoms with van der Waals surface area (Å²) in [7, 11) is 0. The van der Waals surface area contributed by atoms with Gasteiger partial charge < -0.3 is 15.3 Å². The van der Waals surface area contributed by atoms with Gasteiger partial charge in [-0.3, -0.25) is 9.78 Å². The quantitative estimate of drug-likeness (QED) is 0.565. The molecular formula is C27H40N4O2S. The number of pyridine rings is 1. The smallest absolute Gasteiger partial charge is 0.225 e. The van der Waals surface area contributed by atoms with Gasteiger partial charge in [-0.2, -0.15) is 0 Å². The summed E-state index contributed by atoms with van der Waals surface area (Å²) >= 11 is 1.77. The molecule has 0 bridgehead atoms. The van der Waals surface area contributed by atoms with Crippen LogP contribution >= 0.6 is 11.3 Å². The highest BCUT2D eigenvalue weighted by molar-refractivity contribution is 7.15. The molecule has 1 amide bonds. The van der Waals surface area contributed by atoms with E-state index in [0.717, 1.165) is 61.8 Å². The van der Waals surface area contributed by atoms with Crippen molar-refractivity contribution in [3.63, 3.8) is 0 Å². The lowest BCUT2D eigenvalue weighted by atomic mass is 9.53. The number of hydrogen-bond donors (Lipinski definition) is 2. The zero-order valence-corrected chi connectivity index (χ0v) is 22.1. The highest BCUT2D eigenvalue weighted by atomic mass is 32.1. The van der Waals surface area contributed by atoms with E-state index in [1.807, 2.05) is 50.1 Å². The van der Waals surface area contributed by atoms with E-state index in [2.05, 4.69) is 24.1 Å². The number of nitrogens with zero attached hydrogens (tertiary/aromatic N) is 3. The minimum absolute atomic E-state index is 0.00442. The molecule has 2 aromatic rings. The summed E-state index contributed by atoms with van der Waals surface area (Å²) in [5, 5.41) is 16.1. The van der Waals surface area contributed by atoms with Crippen molar-refractivity contribution in [1.29, 1.82) is 0 Å². The number of rotatable bonds is 8. The van der Waals surface area contributed by atoms with Crippen LogP contribution in [0.1, 0.15) is 69.6 Å². The van der Waals surface area contributed by atoms with Gasteiger partial charge in [0.2, 0.25) is 5.91 Å². The molecule has 2 aliphatic rings. The molecule has 0 spiro atoms. The standard InChI is InChI=1S/C27H40N4O2S/c1-6-31(7-2)25(33)17(3)20-11-13-27(5)16-21-23(18(4)22(27)24(20)32)30-26(34-21)29-15-12-19-10-8-9-14-28-19/h8-10,14,17-18,20,22,24,32H,6-7,11-13,15-16H2,1-5H3,(H,29,30)/t17-,18-,20-,22+,24-,27+/m0/s1. The minimum Gasteiger partial charge on any atom is -0.392 e. The number of thiazole rings is 1. The van der Waals surface area contributed by atoms with Crippen LogP contribution in [0.5, 0.6) is 0 Å². The van der Waals surface area contributed by atoms with Crippen LogP contribution in [0.25, 0.3) is 0 Å². The zero-order chi connectivity index (χ0) is 24.5. The van der Waals surface area contributed by atoms with E-state index < -0.39 is 6.10 Å². The first-order chi connectivity index (χ1) is 16.3. The van der Waals surface area contributed by atoms with Gasteiger partial charge in [0, 0.05) is 54.7 Å². The molecule has 0 aliphatic heterocycles. The predicted molar refractivity (Wildman–Crippen MR) is 138 cm³/mol. The molecule has 6 nitrogen and oxygen atoms in total. The Kier molecular flexibility index (Phi) is 7.63. The van der Waals surface area contributed by atoms with Gasteiger partial charge in [0.1, 0.15) is 0 Å². The molecule has 0 unspecified atom stereocenters. The number of anilines is 1. The second kappa shape index (κ2) is 10.3. The number of aliphatic hydroxyl groups is 1. The summed E-state index contributed by atoms with van der Waals surface area (Å²) in [6.07, 6.45) is 5.10. The molecule has 6 atom stereocenters. The third-order valence-electron chi connectivity index (χ3n) is 8.41. The molecular weight excluding hydrogens is 444 g/mol. The summed E-state index contributed by atoms with van der Waals surface area (Å²) in [6.45, 7) is 12.9. The number of amides is 1. The summed E-state index contributed by atoms with van der Waals surface area (Å²) in [6, 6.07) is 6.00. The van der Waals surface area contributed by atoms with Crippen molar-refractivity contribution in [2.24, 2.45) is 23.2 Å². The van der Waals surface area contributed by atoms with Crippen molar-refractivity contribution in [2.45, 2.75) is 72.3 Å². The number of aliphatic hydroxyl groups excluding tert-OH is 1. The minimum atomic E-state index is -0.487. The van der Waals surface area contributed by atoms with Crippen molar-refractivity contribution >= 4 is 22.4 Å². The van der Waals surface area contributed by atoms with Gasteiger partial charge in [-0.15, -0.1) is 11.3 Å². The van der Waals surface area contributed by atoms with Crippen LogP contribution in [0.3, 0.4) is 0 Å². The maximum Gasteiger partial charge on any atom is 0.225 e. The largest absolute Gasteiger partial charge is 0.392 e. The van der Waals surface area contributed by atoms with E-state index in [9.17, 15) is 9.90 Å². The van der Waals surface area contributed by atoms with Crippen LogP contribution in [0.2, 0.25) is 0 Å².